The molecule has 0 bridgehead atoms. The van der Waals surface area contributed by atoms with Crippen molar-refractivity contribution in [1.82, 2.24) is 4.90 Å². The fourth-order valence-electron chi connectivity index (χ4n) is 2.36. The molecular formula is C17H23BrN2O4. The molecule has 1 aromatic rings. The van der Waals surface area contributed by atoms with Crippen LogP contribution in [0.3, 0.4) is 0 Å². The minimum atomic E-state index is -0.538. The molecule has 1 saturated heterocycles. The molecule has 24 heavy (non-hydrogen) atoms. The van der Waals surface area contributed by atoms with Crippen LogP contribution in [0.2, 0.25) is 0 Å². The Morgan fingerprint density at radius 2 is 1.92 bits per heavy atom. The molecule has 1 heterocycles. The van der Waals surface area contributed by atoms with Gasteiger partial charge in [0.1, 0.15) is 11.7 Å². The molecule has 1 aromatic carbocycles. The Labute approximate surface area is 150 Å². The minimum absolute atomic E-state index is 0.332. The van der Waals surface area contributed by atoms with Crippen molar-refractivity contribution in [3.63, 3.8) is 0 Å². The van der Waals surface area contributed by atoms with Gasteiger partial charge in [-0.2, -0.15) is 0 Å². The standard InChI is InChI=1S/C17H23BrN2O4/c1-17(2,3)24-16(22)20-10-4-5-14(11-20)23-15(21)19-13-8-6-12(18)7-9-13/h6-9,14H,4-5,10-11H2,1-3H3,(H,19,21). The van der Waals surface area contributed by atoms with E-state index in [-0.39, 0.29) is 12.2 Å². The number of rotatable bonds is 2. The van der Waals surface area contributed by atoms with Gasteiger partial charge >= 0.3 is 12.2 Å². The number of likely N-dealkylation sites (tertiary alicyclic amines) is 1. The Kier molecular flexibility index (Phi) is 6.10. The van der Waals surface area contributed by atoms with Crippen LogP contribution in [-0.4, -0.2) is 41.9 Å². The molecule has 132 valence electrons. The van der Waals surface area contributed by atoms with Gasteiger partial charge in [0.05, 0.1) is 6.54 Å². The molecule has 1 aliphatic rings. The molecule has 1 aliphatic heterocycles. The predicted octanol–water partition coefficient (Wildman–Crippen LogP) is 4.40. The number of anilines is 1. The van der Waals surface area contributed by atoms with E-state index in [4.69, 9.17) is 9.47 Å². The van der Waals surface area contributed by atoms with Crippen molar-refractivity contribution in [1.29, 1.82) is 0 Å². The van der Waals surface area contributed by atoms with Gasteiger partial charge in [0.15, 0.2) is 0 Å². The Bertz CT molecular complexity index is 583. The van der Waals surface area contributed by atoms with Crippen molar-refractivity contribution < 1.29 is 19.1 Å². The molecule has 2 rings (SSSR count). The first-order valence-electron chi connectivity index (χ1n) is 7.94. The van der Waals surface area contributed by atoms with Gasteiger partial charge in [0, 0.05) is 16.7 Å². The lowest BCUT2D eigenvalue weighted by Crippen LogP contribution is -2.46. The summed E-state index contributed by atoms with van der Waals surface area (Å²) in [5.41, 5.74) is 0.118. The largest absolute Gasteiger partial charge is 0.444 e. The van der Waals surface area contributed by atoms with Crippen molar-refractivity contribution in [2.45, 2.75) is 45.3 Å². The number of nitrogens with zero attached hydrogens (tertiary/aromatic N) is 1. The summed E-state index contributed by atoms with van der Waals surface area (Å²) < 4.78 is 11.7. The molecule has 0 spiro atoms. The maximum Gasteiger partial charge on any atom is 0.411 e. The fourth-order valence-corrected chi connectivity index (χ4v) is 2.62. The second kappa shape index (κ2) is 7.88. The van der Waals surface area contributed by atoms with Gasteiger partial charge in [-0.3, -0.25) is 5.32 Å². The third-order valence-corrected chi connectivity index (χ3v) is 3.92. The van der Waals surface area contributed by atoms with E-state index in [1.165, 1.54) is 0 Å². The van der Waals surface area contributed by atoms with Crippen LogP contribution in [0, 0.1) is 0 Å². The highest BCUT2D eigenvalue weighted by atomic mass is 79.9. The molecule has 1 atom stereocenters. The van der Waals surface area contributed by atoms with E-state index in [1.54, 1.807) is 17.0 Å². The monoisotopic (exact) mass is 398 g/mol. The highest BCUT2D eigenvalue weighted by Gasteiger charge is 2.29. The first kappa shape index (κ1) is 18.6. The van der Waals surface area contributed by atoms with Gasteiger partial charge < -0.3 is 14.4 Å². The van der Waals surface area contributed by atoms with Crippen LogP contribution in [0.1, 0.15) is 33.6 Å². The average molecular weight is 399 g/mol. The highest BCUT2D eigenvalue weighted by molar-refractivity contribution is 9.10. The number of hydrogen-bond donors (Lipinski definition) is 1. The van der Waals surface area contributed by atoms with E-state index in [2.05, 4.69) is 21.2 Å². The lowest BCUT2D eigenvalue weighted by atomic mass is 10.1. The van der Waals surface area contributed by atoms with Crippen LogP contribution in [0.15, 0.2) is 28.7 Å². The molecule has 0 aliphatic carbocycles. The smallest absolute Gasteiger partial charge is 0.411 e. The van der Waals surface area contributed by atoms with Crippen LogP contribution in [0.4, 0.5) is 15.3 Å². The van der Waals surface area contributed by atoms with Crippen LogP contribution in [-0.2, 0) is 9.47 Å². The number of carbonyl (C=O) groups is 2. The number of halogens is 1. The third kappa shape index (κ3) is 6.03. The topological polar surface area (TPSA) is 67.9 Å². The summed E-state index contributed by atoms with van der Waals surface area (Å²) in [6.07, 6.45) is 0.280. The summed E-state index contributed by atoms with van der Waals surface area (Å²) in [6.45, 7) is 6.45. The zero-order chi connectivity index (χ0) is 17.7. The number of piperidine rings is 1. The summed E-state index contributed by atoms with van der Waals surface area (Å²) in [5, 5.41) is 2.68. The van der Waals surface area contributed by atoms with E-state index in [9.17, 15) is 9.59 Å². The van der Waals surface area contributed by atoms with Crippen molar-refractivity contribution in [2.24, 2.45) is 0 Å². The summed E-state index contributed by atoms with van der Waals surface area (Å²) in [7, 11) is 0. The summed E-state index contributed by atoms with van der Waals surface area (Å²) >= 11 is 3.34. The van der Waals surface area contributed by atoms with E-state index in [1.807, 2.05) is 32.9 Å². The Morgan fingerprint density at radius 1 is 1.25 bits per heavy atom. The van der Waals surface area contributed by atoms with Gasteiger partial charge in [0.2, 0.25) is 0 Å². The van der Waals surface area contributed by atoms with Crippen LogP contribution < -0.4 is 5.32 Å². The maximum atomic E-state index is 12.1. The Balaban J connectivity index is 1.84. The van der Waals surface area contributed by atoms with Crippen molar-refractivity contribution in [3.8, 4) is 0 Å². The normalized spacial score (nSPS) is 18.0. The van der Waals surface area contributed by atoms with Crippen LogP contribution in [0.25, 0.3) is 0 Å². The molecule has 0 radical (unpaired) electrons. The number of ether oxygens (including phenoxy) is 2. The maximum absolute atomic E-state index is 12.1. The minimum Gasteiger partial charge on any atom is -0.444 e. The average Bonchev–Trinajstić information content (AvgIpc) is 2.48. The van der Waals surface area contributed by atoms with E-state index in [0.717, 1.165) is 17.3 Å². The number of benzene rings is 1. The number of amides is 2. The van der Waals surface area contributed by atoms with E-state index < -0.39 is 11.7 Å². The summed E-state index contributed by atoms with van der Waals surface area (Å²) in [5.74, 6) is 0. The van der Waals surface area contributed by atoms with Gasteiger partial charge in [0.25, 0.3) is 0 Å². The van der Waals surface area contributed by atoms with Gasteiger partial charge in [-0.05, 0) is 57.9 Å². The van der Waals surface area contributed by atoms with Crippen molar-refractivity contribution in [2.75, 3.05) is 18.4 Å². The molecular weight excluding hydrogens is 376 g/mol. The first-order valence-corrected chi connectivity index (χ1v) is 8.73. The highest BCUT2D eigenvalue weighted by Crippen LogP contribution is 2.18. The fraction of sp³-hybridized carbons (Fsp3) is 0.529. The molecule has 6 nitrogen and oxygen atoms in total. The number of carbonyl (C=O) groups excluding carboxylic acids is 2. The molecule has 1 unspecified atom stereocenters. The van der Waals surface area contributed by atoms with E-state index in [0.29, 0.717) is 18.8 Å². The van der Waals surface area contributed by atoms with Gasteiger partial charge in [-0.25, -0.2) is 9.59 Å². The van der Waals surface area contributed by atoms with Gasteiger partial charge in [-0.15, -0.1) is 0 Å². The van der Waals surface area contributed by atoms with Crippen molar-refractivity contribution in [3.05, 3.63) is 28.7 Å². The predicted molar refractivity (Wildman–Crippen MR) is 95.1 cm³/mol. The Hall–Kier alpha value is -1.76. The van der Waals surface area contributed by atoms with E-state index >= 15 is 0 Å². The van der Waals surface area contributed by atoms with Crippen molar-refractivity contribution >= 4 is 33.8 Å². The summed E-state index contributed by atoms with van der Waals surface area (Å²) in [6, 6.07) is 7.22. The van der Waals surface area contributed by atoms with Crippen LogP contribution in [0.5, 0.6) is 0 Å². The lowest BCUT2D eigenvalue weighted by molar-refractivity contribution is 0.000873. The first-order chi connectivity index (χ1) is 11.2. The zero-order valence-electron chi connectivity index (χ0n) is 14.2. The molecule has 0 aromatic heterocycles. The molecule has 7 heteroatoms. The number of hydrogen-bond acceptors (Lipinski definition) is 4. The quantitative estimate of drug-likeness (QED) is 0.801. The molecule has 1 fully saturated rings. The Morgan fingerprint density at radius 3 is 2.54 bits per heavy atom. The number of nitrogens with one attached hydrogen (secondary N) is 1. The zero-order valence-corrected chi connectivity index (χ0v) is 15.8. The van der Waals surface area contributed by atoms with Crippen LogP contribution >= 0.6 is 15.9 Å². The molecule has 2 amide bonds. The molecule has 0 saturated carbocycles. The SMILES string of the molecule is CC(C)(C)OC(=O)N1CCCC(OC(=O)Nc2ccc(Br)cc2)C1. The molecule has 1 N–H and O–H groups in total. The summed E-state index contributed by atoms with van der Waals surface area (Å²) in [4.78, 5) is 25.7. The van der Waals surface area contributed by atoms with Gasteiger partial charge in [-0.1, -0.05) is 15.9 Å². The third-order valence-electron chi connectivity index (χ3n) is 3.39. The lowest BCUT2D eigenvalue weighted by Gasteiger charge is -2.33. The second-order valence-corrected chi connectivity index (χ2v) is 7.64. The second-order valence-electron chi connectivity index (χ2n) is 6.73.